The van der Waals surface area contributed by atoms with Crippen molar-refractivity contribution in [1.82, 2.24) is 15.5 Å². The van der Waals surface area contributed by atoms with Gasteiger partial charge in [-0.15, -0.1) is 0 Å². The fourth-order valence-electron chi connectivity index (χ4n) is 2.14. The van der Waals surface area contributed by atoms with Crippen LogP contribution in [0, 0.1) is 5.92 Å². The van der Waals surface area contributed by atoms with Crippen LogP contribution in [0.25, 0.3) is 0 Å². The van der Waals surface area contributed by atoms with Crippen molar-refractivity contribution >= 4 is 12.0 Å². The number of hydrogen-bond acceptors (Lipinski definition) is 3. The number of hydrogen-bond donors (Lipinski definition) is 3. The summed E-state index contributed by atoms with van der Waals surface area (Å²) in [4.78, 5) is 24.4. The number of carboxylic acid groups (broad SMARTS) is 1. The zero-order chi connectivity index (χ0) is 16.3. The molecule has 0 aromatic rings. The molecule has 124 valence electrons. The molecule has 0 saturated carbocycles. The van der Waals surface area contributed by atoms with Crippen molar-refractivity contribution in [1.29, 1.82) is 0 Å². The van der Waals surface area contributed by atoms with E-state index in [9.17, 15) is 9.59 Å². The fraction of sp³-hybridized carbons (Fsp3) is 0.867. The summed E-state index contributed by atoms with van der Waals surface area (Å²) in [6, 6.07) is -0.0468. The Morgan fingerprint density at radius 1 is 1.14 bits per heavy atom. The van der Waals surface area contributed by atoms with Gasteiger partial charge in [-0.05, 0) is 38.8 Å². The van der Waals surface area contributed by atoms with E-state index in [0.29, 0.717) is 18.9 Å². The van der Waals surface area contributed by atoms with Crippen molar-refractivity contribution < 1.29 is 14.7 Å². The van der Waals surface area contributed by atoms with Crippen LogP contribution in [0.4, 0.5) is 4.79 Å². The highest BCUT2D eigenvalue weighted by atomic mass is 16.4. The van der Waals surface area contributed by atoms with Crippen molar-refractivity contribution in [2.45, 2.75) is 53.0 Å². The molecule has 0 spiro atoms. The lowest BCUT2D eigenvalue weighted by atomic mass is 10.0. The summed E-state index contributed by atoms with van der Waals surface area (Å²) < 4.78 is 0. The number of nitrogens with zero attached hydrogens (tertiary/aromatic N) is 1. The predicted octanol–water partition coefficient (Wildman–Crippen LogP) is 1.91. The van der Waals surface area contributed by atoms with E-state index in [-0.39, 0.29) is 18.5 Å². The van der Waals surface area contributed by atoms with Gasteiger partial charge >= 0.3 is 12.0 Å². The van der Waals surface area contributed by atoms with Gasteiger partial charge in [0.1, 0.15) is 0 Å². The minimum atomic E-state index is -0.766. The predicted molar refractivity (Wildman–Crippen MR) is 84.4 cm³/mol. The third-order valence-electron chi connectivity index (χ3n) is 3.58. The minimum Gasteiger partial charge on any atom is -0.481 e. The lowest BCUT2D eigenvalue weighted by Gasteiger charge is -2.23. The molecule has 3 N–H and O–H groups in total. The number of carbonyl (C=O) groups excluding carboxylic acids is 1. The molecule has 0 aliphatic rings. The van der Waals surface area contributed by atoms with Gasteiger partial charge in [-0.1, -0.05) is 20.8 Å². The van der Waals surface area contributed by atoms with Gasteiger partial charge in [0.25, 0.3) is 0 Å². The second-order valence-corrected chi connectivity index (χ2v) is 5.61. The van der Waals surface area contributed by atoms with Crippen LogP contribution in [-0.4, -0.2) is 54.2 Å². The second kappa shape index (κ2) is 11.4. The third kappa shape index (κ3) is 11.1. The Balaban J connectivity index is 3.77. The molecule has 2 amide bonds. The summed E-state index contributed by atoms with van der Waals surface area (Å²) >= 11 is 0. The normalized spacial score (nSPS) is 13.8. The first-order valence-electron chi connectivity index (χ1n) is 7.87. The molecule has 0 fully saturated rings. The van der Waals surface area contributed by atoms with Crippen molar-refractivity contribution in [3.8, 4) is 0 Å². The Morgan fingerprint density at radius 2 is 1.76 bits per heavy atom. The number of rotatable bonds is 11. The van der Waals surface area contributed by atoms with Crippen LogP contribution in [0.3, 0.4) is 0 Å². The summed E-state index contributed by atoms with van der Waals surface area (Å²) in [6.45, 7) is 11.6. The van der Waals surface area contributed by atoms with Gasteiger partial charge in [0.2, 0.25) is 0 Å². The Bertz CT molecular complexity index is 307. The maximum atomic E-state index is 11.7. The number of carboxylic acids is 1. The van der Waals surface area contributed by atoms with E-state index in [1.54, 1.807) is 0 Å². The molecular weight excluding hydrogens is 270 g/mol. The zero-order valence-corrected chi connectivity index (χ0v) is 13.8. The highest BCUT2D eigenvalue weighted by Gasteiger charge is 2.11. The Morgan fingerprint density at radius 3 is 2.29 bits per heavy atom. The molecule has 6 nitrogen and oxygen atoms in total. The first-order chi connectivity index (χ1) is 9.88. The number of urea groups is 1. The Hall–Kier alpha value is -1.30. The molecule has 0 rings (SSSR count). The number of likely N-dealkylation sites (N-methyl/N-ethyl adjacent to an activating group) is 1. The lowest BCUT2D eigenvalue weighted by molar-refractivity contribution is -0.137. The van der Waals surface area contributed by atoms with Crippen LogP contribution < -0.4 is 10.6 Å². The molecule has 0 radical (unpaired) electrons. The molecule has 0 aliphatic heterocycles. The summed E-state index contributed by atoms with van der Waals surface area (Å²) in [5.74, 6) is -0.465. The summed E-state index contributed by atoms with van der Waals surface area (Å²) in [5.41, 5.74) is 0. The van der Waals surface area contributed by atoms with Crippen LogP contribution in [0.15, 0.2) is 0 Å². The molecule has 0 heterocycles. The molecule has 21 heavy (non-hydrogen) atoms. The zero-order valence-electron chi connectivity index (χ0n) is 13.8. The molecule has 2 atom stereocenters. The Kier molecular flexibility index (Phi) is 10.7. The smallest absolute Gasteiger partial charge is 0.315 e. The maximum Gasteiger partial charge on any atom is 0.315 e. The van der Waals surface area contributed by atoms with Crippen molar-refractivity contribution in [3.05, 3.63) is 0 Å². The van der Waals surface area contributed by atoms with Gasteiger partial charge in [0.05, 0.1) is 0 Å². The third-order valence-corrected chi connectivity index (χ3v) is 3.58. The molecule has 0 aromatic carbocycles. The second-order valence-electron chi connectivity index (χ2n) is 5.61. The van der Waals surface area contributed by atoms with Crippen LogP contribution in [0.2, 0.25) is 0 Å². The number of nitrogens with one attached hydrogen (secondary N) is 2. The van der Waals surface area contributed by atoms with Gasteiger partial charge in [0, 0.05) is 25.6 Å². The molecular formula is C15H31N3O3. The largest absolute Gasteiger partial charge is 0.481 e. The van der Waals surface area contributed by atoms with Crippen molar-refractivity contribution in [2.24, 2.45) is 5.92 Å². The van der Waals surface area contributed by atoms with E-state index < -0.39 is 5.97 Å². The first kappa shape index (κ1) is 19.7. The van der Waals surface area contributed by atoms with E-state index >= 15 is 0 Å². The van der Waals surface area contributed by atoms with Gasteiger partial charge in [-0.3, -0.25) is 4.79 Å². The van der Waals surface area contributed by atoms with E-state index in [2.05, 4.69) is 29.4 Å². The van der Waals surface area contributed by atoms with Gasteiger partial charge in [0.15, 0.2) is 0 Å². The van der Waals surface area contributed by atoms with Crippen LogP contribution in [0.5, 0.6) is 0 Å². The molecule has 0 aliphatic carbocycles. The SMILES string of the molecule is CCN(CC)CC(C)NC(=O)NCCC(C)CCC(=O)O. The molecule has 6 heteroatoms. The highest BCUT2D eigenvalue weighted by Crippen LogP contribution is 2.08. The quantitative estimate of drug-likeness (QED) is 0.544. The monoisotopic (exact) mass is 301 g/mol. The topological polar surface area (TPSA) is 81.7 Å². The van der Waals surface area contributed by atoms with Crippen molar-refractivity contribution in [2.75, 3.05) is 26.2 Å². The average Bonchev–Trinajstić information content (AvgIpc) is 2.42. The summed E-state index contributed by atoms with van der Waals surface area (Å²) in [7, 11) is 0. The lowest BCUT2D eigenvalue weighted by Crippen LogP contribution is -2.46. The number of amides is 2. The maximum absolute atomic E-state index is 11.7. The van der Waals surface area contributed by atoms with E-state index in [1.165, 1.54) is 0 Å². The number of carbonyl (C=O) groups is 2. The van der Waals surface area contributed by atoms with Crippen LogP contribution in [-0.2, 0) is 4.79 Å². The van der Waals surface area contributed by atoms with Crippen molar-refractivity contribution in [3.63, 3.8) is 0 Å². The first-order valence-corrected chi connectivity index (χ1v) is 7.87. The van der Waals surface area contributed by atoms with Gasteiger partial charge < -0.3 is 20.6 Å². The molecule has 2 unspecified atom stereocenters. The van der Waals surface area contributed by atoms with E-state index in [4.69, 9.17) is 5.11 Å². The minimum absolute atomic E-state index is 0.106. The molecule has 0 saturated heterocycles. The van der Waals surface area contributed by atoms with E-state index in [0.717, 1.165) is 26.1 Å². The molecule has 0 bridgehead atoms. The standard InChI is InChI=1S/C15H31N3O3/c1-5-18(6-2)11-13(4)17-15(21)16-10-9-12(3)7-8-14(19)20/h12-13H,5-11H2,1-4H3,(H,19,20)(H2,16,17,21). The van der Waals surface area contributed by atoms with Gasteiger partial charge in [-0.2, -0.15) is 0 Å². The van der Waals surface area contributed by atoms with Crippen LogP contribution >= 0.6 is 0 Å². The number of aliphatic carboxylic acids is 1. The summed E-state index contributed by atoms with van der Waals surface area (Å²) in [6.07, 6.45) is 1.64. The fourth-order valence-corrected chi connectivity index (χ4v) is 2.14. The average molecular weight is 301 g/mol. The highest BCUT2D eigenvalue weighted by molar-refractivity contribution is 5.74. The van der Waals surface area contributed by atoms with Gasteiger partial charge in [-0.25, -0.2) is 4.79 Å². The Labute approximate surface area is 128 Å². The summed E-state index contributed by atoms with van der Waals surface area (Å²) in [5, 5.41) is 14.3. The van der Waals surface area contributed by atoms with E-state index in [1.807, 2.05) is 13.8 Å². The molecule has 0 aromatic heterocycles. The van der Waals surface area contributed by atoms with Crippen LogP contribution in [0.1, 0.15) is 47.0 Å².